The lowest BCUT2D eigenvalue weighted by atomic mass is 9.78. The molecule has 1 unspecified atom stereocenters. The van der Waals surface area contributed by atoms with Crippen molar-refractivity contribution in [1.29, 1.82) is 0 Å². The highest BCUT2D eigenvalue weighted by atomic mass is 16.5. The molecule has 1 atom stereocenters. The van der Waals surface area contributed by atoms with Gasteiger partial charge in [-0.05, 0) is 65.2 Å². The van der Waals surface area contributed by atoms with Crippen molar-refractivity contribution in [1.82, 2.24) is 5.32 Å². The second-order valence-corrected chi connectivity index (χ2v) is 8.16. The molecule has 1 aliphatic rings. The number of rotatable bonds is 9. The molecule has 7 heteroatoms. The third-order valence-electron chi connectivity index (χ3n) is 5.64. The SMILES string of the molecule is CCOC(=O)C1=C(C)NC(C)=C(C(=O)OCC)C1c1ccccc1/C=C(\C)C(=O)OC(C)CC. The van der Waals surface area contributed by atoms with Crippen LogP contribution in [0.5, 0.6) is 0 Å². The quantitative estimate of drug-likeness (QED) is 0.316. The first kappa shape index (κ1) is 26.9. The van der Waals surface area contributed by atoms with E-state index in [4.69, 9.17) is 14.2 Å². The van der Waals surface area contributed by atoms with Crippen LogP contribution in [-0.4, -0.2) is 37.2 Å². The maximum atomic E-state index is 13.0. The van der Waals surface area contributed by atoms with E-state index >= 15 is 0 Å². The number of dihydropyridines is 1. The number of carbonyl (C=O) groups excluding carboxylic acids is 3. The fourth-order valence-electron chi connectivity index (χ4n) is 3.82. The zero-order chi connectivity index (χ0) is 25.4. The van der Waals surface area contributed by atoms with E-state index in [-0.39, 0.29) is 19.3 Å². The maximum Gasteiger partial charge on any atom is 0.336 e. The Morgan fingerprint density at radius 3 is 2.00 bits per heavy atom. The first-order chi connectivity index (χ1) is 16.2. The third-order valence-corrected chi connectivity index (χ3v) is 5.64. The van der Waals surface area contributed by atoms with Crippen molar-refractivity contribution in [2.24, 2.45) is 0 Å². The Morgan fingerprint density at radius 2 is 1.50 bits per heavy atom. The van der Waals surface area contributed by atoms with E-state index in [0.29, 0.717) is 45.7 Å². The van der Waals surface area contributed by atoms with Gasteiger partial charge in [-0.25, -0.2) is 14.4 Å². The standard InChI is InChI=1S/C27H35NO6/c1-8-17(5)34-25(29)16(4)15-20-13-11-12-14-21(20)24-22(26(30)32-9-2)18(6)28-19(7)23(24)27(31)33-10-3/h11-15,17,24,28H,8-10H2,1-7H3/b16-15+. The van der Waals surface area contributed by atoms with Crippen LogP contribution in [0.2, 0.25) is 0 Å². The molecule has 0 spiro atoms. The number of hydrogen-bond donors (Lipinski definition) is 1. The van der Waals surface area contributed by atoms with E-state index in [0.717, 1.165) is 0 Å². The molecule has 0 saturated heterocycles. The van der Waals surface area contributed by atoms with Gasteiger partial charge in [0.25, 0.3) is 0 Å². The monoisotopic (exact) mass is 469 g/mol. The molecule has 2 rings (SSSR count). The Bertz CT molecular complexity index is 993. The summed E-state index contributed by atoms with van der Waals surface area (Å²) in [5.74, 6) is -2.17. The van der Waals surface area contributed by atoms with Crippen LogP contribution in [-0.2, 0) is 28.6 Å². The van der Waals surface area contributed by atoms with Gasteiger partial charge < -0.3 is 19.5 Å². The van der Waals surface area contributed by atoms with Gasteiger partial charge >= 0.3 is 17.9 Å². The van der Waals surface area contributed by atoms with Crippen molar-refractivity contribution >= 4 is 24.0 Å². The predicted molar refractivity (Wildman–Crippen MR) is 130 cm³/mol. The number of hydrogen-bond acceptors (Lipinski definition) is 7. The Labute approximate surface area is 201 Å². The molecule has 1 N–H and O–H groups in total. The van der Waals surface area contributed by atoms with E-state index in [2.05, 4.69) is 5.32 Å². The number of ether oxygens (including phenoxy) is 3. The average molecular weight is 470 g/mol. The fraction of sp³-hybridized carbons (Fsp3) is 0.444. The Balaban J connectivity index is 2.69. The normalized spacial score (nSPS) is 15.6. The van der Waals surface area contributed by atoms with E-state index in [9.17, 15) is 14.4 Å². The number of esters is 3. The summed E-state index contributed by atoms with van der Waals surface area (Å²) in [5, 5.41) is 3.13. The zero-order valence-corrected chi connectivity index (χ0v) is 21.1. The summed E-state index contributed by atoms with van der Waals surface area (Å²) in [4.78, 5) is 38.6. The highest BCUT2D eigenvalue weighted by Crippen LogP contribution is 2.41. The molecule has 0 radical (unpaired) electrons. The molecule has 0 saturated carbocycles. The van der Waals surface area contributed by atoms with Gasteiger partial charge in [-0.3, -0.25) is 0 Å². The summed E-state index contributed by atoms with van der Waals surface area (Å²) >= 11 is 0. The molecular weight excluding hydrogens is 434 g/mol. The topological polar surface area (TPSA) is 90.9 Å². The zero-order valence-electron chi connectivity index (χ0n) is 21.1. The summed E-state index contributed by atoms with van der Waals surface area (Å²) in [5.41, 5.74) is 3.65. The summed E-state index contributed by atoms with van der Waals surface area (Å²) in [6.07, 6.45) is 2.24. The van der Waals surface area contributed by atoms with Gasteiger partial charge in [0.15, 0.2) is 0 Å². The highest BCUT2D eigenvalue weighted by Gasteiger charge is 2.38. The first-order valence-corrected chi connectivity index (χ1v) is 11.7. The lowest BCUT2D eigenvalue weighted by Crippen LogP contribution is -2.32. The molecule has 1 heterocycles. The fourth-order valence-corrected chi connectivity index (χ4v) is 3.82. The molecule has 1 aliphatic heterocycles. The molecule has 7 nitrogen and oxygen atoms in total. The molecule has 0 bridgehead atoms. The Kier molecular flexibility index (Phi) is 9.66. The van der Waals surface area contributed by atoms with E-state index in [1.54, 1.807) is 40.7 Å². The number of nitrogens with one attached hydrogen (secondary N) is 1. The van der Waals surface area contributed by atoms with Gasteiger partial charge in [0.2, 0.25) is 0 Å². The molecule has 184 valence electrons. The van der Waals surface area contributed by atoms with Crippen LogP contribution in [0.25, 0.3) is 6.08 Å². The van der Waals surface area contributed by atoms with Crippen LogP contribution >= 0.6 is 0 Å². The molecule has 34 heavy (non-hydrogen) atoms. The summed E-state index contributed by atoms with van der Waals surface area (Å²) in [6.45, 7) is 12.9. The van der Waals surface area contributed by atoms with E-state index in [1.165, 1.54) is 0 Å². The number of carbonyl (C=O) groups is 3. The minimum Gasteiger partial charge on any atom is -0.463 e. The largest absolute Gasteiger partial charge is 0.463 e. The van der Waals surface area contributed by atoms with Gasteiger partial charge in [0.05, 0.1) is 36.4 Å². The predicted octanol–water partition coefficient (Wildman–Crippen LogP) is 4.79. The van der Waals surface area contributed by atoms with Crippen LogP contribution < -0.4 is 5.32 Å². The second-order valence-electron chi connectivity index (χ2n) is 8.16. The van der Waals surface area contributed by atoms with Crippen LogP contribution in [0.15, 0.2) is 52.4 Å². The van der Waals surface area contributed by atoms with Gasteiger partial charge in [0.1, 0.15) is 0 Å². The second kappa shape index (κ2) is 12.2. The molecule has 0 aromatic heterocycles. The van der Waals surface area contributed by atoms with Crippen LogP contribution in [0, 0.1) is 0 Å². The number of benzene rings is 1. The van der Waals surface area contributed by atoms with Crippen LogP contribution in [0.3, 0.4) is 0 Å². The number of allylic oxidation sites excluding steroid dienone is 2. The molecule has 0 fully saturated rings. The molecule has 0 amide bonds. The van der Waals surface area contributed by atoms with Crippen molar-refractivity contribution in [3.63, 3.8) is 0 Å². The van der Waals surface area contributed by atoms with Crippen LogP contribution in [0.4, 0.5) is 0 Å². The van der Waals surface area contributed by atoms with Crippen molar-refractivity contribution < 1.29 is 28.6 Å². The molecule has 1 aromatic carbocycles. The van der Waals surface area contributed by atoms with Crippen molar-refractivity contribution in [2.75, 3.05) is 13.2 Å². The smallest absolute Gasteiger partial charge is 0.336 e. The summed E-state index contributed by atoms with van der Waals surface area (Å²) in [6, 6.07) is 7.35. The Morgan fingerprint density at radius 1 is 0.971 bits per heavy atom. The molecular formula is C27H35NO6. The average Bonchev–Trinajstić information content (AvgIpc) is 2.78. The van der Waals surface area contributed by atoms with Crippen molar-refractivity contribution in [3.8, 4) is 0 Å². The summed E-state index contributed by atoms with van der Waals surface area (Å²) in [7, 11) is 0. The van der Waals surface area contributed by atoms with Gasteiger partial charge in [-0.1, -0.05) is 31.2 Å². The highest BCUT2D eigenvalue weighted by molar-refractivity contribution is 6.00. The van der Waals surface area contributed by atoms with Crippen molar-refractivity contribution in [3.05, 3.63) is 63.5 Å². The Hall–Kier alpha value is -3.35. The molecule has 0 aliphatic carbocycles. The van der Waals surface area contributed by atoms with Gasteiger partial charge in [0, 0.05) is 17.0 Å². The lowest BCUT2D eigenvalue weighted by molar-refractivity contribution is -0.143. The molecule has 1 aromatic rings. The first-order valence-electron chi connectivity index (χ1n) is 11.7. The van der Waals surface area contributed by atoms with Crippen LogP contribution in [0.1, 0.15) is 71.9 Å². The van der Waals surface area contributed by atoms with Gasteiger partial charge in [-0.2, -0.15) is 0 Å². The minimum absolute atomic E-state index is 0.196. The maximum absolute atomic E-state index is 13.0. The third kappa shape index (κ3) is 6.16. The van der Waals surface area contributed by atoms with E-state index < -0.39 is 23.8 Å². The minimum atomic E-state index is -0.731. The van der Waals surface area contributed by atoms with Crippen molar-refractivity contribution in [2.45, 2.75) is 66.9 Å². The lowest BCUT2D eigenvalue weighted by Gasteiger charge is -2.31. The van der Waals surface area contributed by atoms with Gasteiger partial charge in [-0.15, -0.1) is 0 Å². The van der Waals surface area contributed by atoms with E-state index in [1.807, 2.05) is 38.1 Å². The summed E-state index contributed by atoms with van der Waals surface area (Å²) < 4.78 is 16.1.